The maximum Gasteiger partial charge on any atom is 0.337 e. The van der Waals surface area contributed by atoms with Crippen LogP contribution in [0, 0.1) is 0 Å². The van der Waals surface area contributed by atoms with Gasteiger partial charge in [0.15, 0.2) is 0 Å². The van der Waals surface area contributed by atoms with Gasteiger partial charge < -0.3 is 10.2 Å². The van der Waals surface area contributed by atoms with E-state index in [1.54, 1.807) is 7.05 Å². The number of nitrogens with zero attached hydrogens (tertiary/aromatic N) is 4. The number of nitrogens with one attached hydrogen (secondary N) is 1. The summed E-state index contributed by atoms with van der Waals surface area (Å²) in [6.07, 6.45) is 3.50. The molecule has 33 heavy (non-hydrogen) atoms. The van der Waals surface area contributed by atoms with E-state index in [1.807, 2.05) is 30.3 Å². The molecule has 1 aromatic carbocycles. The number of rotatable bonds is 5. The van der Waals surface area contributed by atoms with Gasteiger partial charge in [-0.25, -0.2) is 9.36 Å². The summed E-state index contributed by atoms with van der Waals surface area (Å²) in [5.41, 5.74) is 0.542. The molecule has 5 rings (SSSR count). The molecule has 1 N–H and O–H groups in total. The second-order valence-corrected chi connectivity index (χ2v) is 9.56. The number of hydrogen-bond acceptors (Lipinski definition) is 5. The van der Waals surface area contributed by atoms with Crippen molar-refractivity contribution in [2.75, 3.05) is 18.4 Å². The first-order valence-electron chi connectivity index (χ1n) is 11.8. The number of hydrogen-bond donors (Lipinski definition) is 1. The number of aromatic nitrogens is 3. The smallest absolute Gasteiger partial charge is 0.337 e. The summed E-state index contributed by atoms with van der Waals surface area (Å²) in [7, 11) is 1.62. The van der Waals surface area contributed by atoms with Crippen molar-refractivity contribution in [2.45, 2.75) is 57.7 Å². The molecule has 0 unspecified atom stereocenters. The third kappa shape index (κ3) is 3.82. The molecular formula is C25H31N5O3. The lowest BCUT2D eigenvalue weighted by molar-refractivity contribution is 0.177. The van der Waals surface area contributed by atoms with E-state index in [0.29, 0.717) is 28.5 Å². The van der Waals surface area contributed by atoms with Crippen LogP contribution in [-0.2, 0) is 7.05 Å². The number of pyridine rings is 1. The van der Waals surface area contributed by atoms with Gasteiger partial charge in [0, 0.05) is 44.3 Å². The quantitative estimate of drug-likeness (QED) is 0.647. The molecule has 1 saturated carbocycles. The predicted molar refractivity (Wildman–Crippen MR) is 131 cm³/mol. The summed E-state index contributed by atoms with van der Waals surface area (Å²) in [6.45, 7) is 6.34. The fraction of sp³-hybridized carbons (Fsp3) is 0.480. The van der Waals surface area contributed by atoms with Gasteiger partial charge in [-0.1, -0.05) is 18.2 Å². The average molecular weight is 450 g/mol. The molecule has 0 spiro atoms. The highest BCUT2D eigenvalue weighted by molar-refractivity contribution is 5.89. The van der Waals surface area contributed by atoms with Crippen LogP contribution in [0.15, 0.2) is 50.8 Å². The Labute approximate surface area is 192 Å². The van der Waals surface area contributed by atoms with Crippen molar-refractivity contribution in [1.82, 2.24) is 18.6 Å². The largest absolute Gasteiger partial charge is 0.381 e. The minimum absolute atomic E-state index is 0.0799. The first kappa shape index (κ1) is 21.7. The van der Waals surface area contributed by atoms with E-state index in [2.05, 4.69) is 24.1 Å². The highest BCUT2D eigenvalue weighted by atomic mass is 16.2. The van der Waals surface area contributed by atoms with Gasteiger partial charge in [-0.3, -0.25) is 18.7 Å². The van der Waals surface area contributed by atoms with E-state index in [0.717, 1.165) is 38.8 Å². The predicted octanol–water partition coefficient (Wildman–Crippen LogP) is 2.47. The molecule has 0 radical (unpaired) electrons. The molecule has 0 atom stereocenters. The van der Waals surface area contributed by atoms with Crippen molar-refractivity contribution in [3.8, 4) is 5.69 Å². The Morgan fingerprint density at radius 2 is 1.64 bits per heavy atom. The molecule has 8 nitrogen and oxygen atoms in total. The van der Waals surface area contributed by atoms with Crippen LogP contribution in [0.5, 0.6) is 0 Å². The Kier molecular flexibility index (Phi) is 5.48. The minimum atomic E-state index is -0.390. The molecular weight excluding hydrogens is 418 g/mol. The summed E-state index contributed by atoms with van der Waals surface area (Å²) in [4.78, 5) is 42.6. The van der Waals surface area contributed by atoms with Crippen molar-refractivity contribution in [2.24, 2.45) is 7.05 Å². The molecule has 2 aromatic heterocycles. The van der Waals surface area contributed by atoms with Crippen LogP contribution >= 0.6 is 0 Å². The Morgan fingerprint density at radius 3 is 2.24 bits per heavy atom. The summed E-state index contributed by atoms with van der Waals surface area (Å²) in [6, 6.07) is 11.3. The van der Waals surface area contributed by atoms with E-state index in [-0.39, 0.29) is 23.2 Å². The normalized spacial score (nSPS) is 17.7. The number of likely N-dealkylation sites (tertiary alicyclic amines) is 1. The molecule has 2 fully saturated rings. The average Bonchev–Trinajstić information content (AvgIpc) is 3.63. The van der Waals surface area contributed by atoms with Gasteiger partial charge in [0.25, 0.3) is 11.1 Å². The van der Waals surface area contributed by atoms with Crippen molar-refractivity contribution >= 4 is 16.7 Å². The van der Waals surface area contributed by atoms with Crippen molar-refractivity contribution in [1.29, 1.82) is 0 Å². The lowest BCUT2D eigenvalue weighted by Gasteiger charge is -2.35. The molecule has 3 aromatic rings. The molecule has 1 aliphatic heterocycles. The second kappa shape index (κ2) is 8.33. The highest BCUT2D eigenvalue weighted by Gasteiger charge is 2.31. The number of para-hydroxylation sites is 1. The van der Waals surface area contributed by atoms with Crippen LogP contribution < -0.4 is 22.1 Å². The third-order valence-corrected chi connectivity index (χ3v) is 7.00. The van der Waals surface area contributed by atoms with Crippen molar-refractivity contribution < 1.29 is 0 Å². The van der Waals surface area contributed by atoms with Crippen LogP contribution in [0.3, 0.4) is 0 Å². The number of fused-ring (bicyclic) bond motifs is 1. The molecule has 2 aliphatic rings. The Balaban J connectivity index is 1.71. The van der Waals surface area contributed by atoms with Crippen LogP contribution in [-0.4, -0.2) is 43.8 Å². The van der Waals surface area contributed by atoms with Gasteiger partial charge in [0.2, 0.25) is 0 Å². The lowest BCUT2D eigenvalue weighted by atomic mass is 10.0. The van der Waals surface area contributed by atoms with E-state index in [9.17, 15) is 14.4 Å². The number of aryl methyl sites for hydroxylation is 1. The van der Waals surface area contributed by atoms with E-state index in [1.165, 1.54) is 19.8 Å². The van der Waals surface area contributed by atoms with Gasteiger partial charge in [-0.05, 0) is 51.7 Å². The Morgan fingerprint density at radius 1 is 0.970 bits per heavy atom. The summed E-state index contributed by atoms with van der Waals surface area (Å²) >= 11 is 0. The zero-order valence-electron chi connectivity index (χ0n) is 19.5. The van der Waals surface area contributed by atoms with Crippen LogP contribution in [0.4, 0.5) is 5.69 Å². The maximum absolute atomic E-state index is 13.7. The summed E-state index contributed by atoms with van der Waals surface area (Å²) < 4.78 is 4.31. The van der Waals surface area contributed by atoms with E-state index >= 15 is 0 Å². The topological polar surface area (TPSA) is 81.3 Å². The first-order chi connectivity index (χ1) is 15.9. The second-order valence-electron chi connectivity index (χ2n) is 9.56. The number of piperidine rings is 1. The summed E-state index contributed by atoms with van der Waals surface area (Å²) in [5, 5.41) is 3.91. The molecule has 3 heterocycles. The molecule has 174 valence electrons. The molecule has 1 aliphatic carbocycles. The number of benzene rings is 1. The first-order valence-corrected chi connectivity index (χ1v) is 11.8. The van der Waals surface area contributed by atoms with Crippen LogP contribution in [0.2, 0.25) is 0 Å². The molecule has 0 bridgehead atoms. The SMILES string of the molecule is CC(C)N1CCC(Nc2cc(=O)n(C)c3c2c(=O)n(C2CC2)c(=O)n3-c2ccccc2)CC1. The standard InChI is InChI=1S/C25H31N5O3/c1-16(2)28-13-11-17(12-14-28)26-20-15-21(31)27(3)23-22(20)24(32)30(19-9-10-19)25(33)29(23)18-7-5-4-6-8-18/h4-8,15-17,19,26H,9-14H2,1-3H3. The van der Waals surface area contributed by atoms with Crippen molar-refractivity contribution in [3.63, 3.8) is 0 Å². The number of anilines is 1. The van der Waals surface area contributed by atoms with Crippen LogP contribution in [0.25, 0.3) is 16.7 Å². The highest BCUT2D eigenvalue weighted by Crippen LogP contribution is 2.33. The Bertz CT molecular complexity index is 1360. The fourth-order valence-electron chi connectivity index (χ4n) is 4.92. The minimum Gasteiger partial charge on any atom is -0.381 e. The van der Waals surface area contributed by atoms with Crippen molar-refractivity contribution in [3.05, 3.63) is 67.6 Å². The lowest BCUT2D eigenvalue weighted by Crippen LogP contribution is -2.43. The third-order valence-electron chi connectivity index (χ3n) is 7.00. The van der Waals surface area contributed by atoms with E-state index in [4.69, 9.17) is 0 Å². The van der Waals surface area contributed by atoms with Gasteiger partial charge in [-0.2, -0.15) is 0 Å². The van der Waals surface area contributed by atoms with Gasteiger partial charge >= 0.3 is 5.69 Å². The maximum atomic E-state index is 13.7. The van der Waals surface area contributed by atoms with Gasteiger partial charge in [0.1, 0.15) is 11.0 Å². The molecule has 1 saturated heterocycles. The monoisotopic (exact) mass is 449 g/mol. The van der Waals surface area contributed by atoms with Crippen LogP contribution in [0.1, 0.15) is 45.6 Å². The Hall–Kier alpha value is -3.13. The fourth-order valence-corrected chi connectivity index (χ4v) is 4.92. The zero-order valence-corrected chi connectivity index (χ0v) is 19.5. The summed E-state index contributed by atoms with van der Waals surface area (Å²) in [5.74, 6) is 0. The zero-order chi connectivity index (χ0) is 23.3. The van der Waals surface area contributed by atoms with Gasteiger partial charge in [0.05, 0.1) is 11.4 Å². The molecule has 0 amide bonds. The molecule has 8 heteroatoms. The van der Waals surface area contributed by atoms with Gasteiger partial charge in [-0.15, -0.1) is 0 Å². The van der Waals surface area contributed by atoms with E-state index < -0.39 is 5.69 Å².